The monoisotopic (exact) mass is 309 g/mol. The van der Waals surface area contributed by atoms with Gasteiger partial charge in [0.2, 0.25) is 0 Å². The number of benzene rings is 1. The van der Waals surface area contributed by atoms with E-state index in [2.05, 4.69) is 21.4 Å². The molecule has 114 valence electrons. The van der Waals surface area contributed by atoms with Crippen LogP contribution >= 0.6 is 11.6 Å². The first-order chi connectivity index (χ1) is 10.2. The molecule has 0 atom stereocenters. The third-order valence-electron chi connectivity index (χ3n) is 4.50. The van der Waals surface area contributed by atoms with Gasteiger partial charge in [-0.15, -0.1) is 11.6 Å². The molecule has 1 aliphatic heterocycles. The predicted molar refractivity (Wildman–Crippen MR) is 84.1 cm³/mol. The number of hydrogen-bond donors (Lipinski definition) is 0. The zero-order valence-electron chi connectivity index (χ0n) is 12.4. The van der Waals surface area contributed by atoms with Gasteiger partial charge in [0, 0.05) is 12.6 Å². The molecule has 0 amide bonds. The van der Waals surface area contributed by atoms with Gasteiger partial charge >= 0.3 is 0 Å². The van der Waals surface area contributed by atoms with Crippen molar-refractivity contribution in [1.29, 1.82) is 0 Å². The zero-order chi connectivity index (χ0) is 14.8. The number of alkyl halides is 1. The van der Waals surface area contributed by atoms with Gasteiger partial charge in [-0.1, -0.05) is 6.92 Å². The predicted octanol–water partition coefficient (Wildman–Crippen LogP) is 3.65. The first kappa shape index (κ1) is 14.8. The Morgan fingerprint density at radius 1 is 1.33 bits per heavy atom. The highest BCUT2D eigenvalue weighted by Gasteiger charge is 2.20. The van der Waals surface area contributed by atoms with E-state index in [1.54, 1.807) is 0 Å². The fourth-order valence-corrected chi connectivity index (χ4v) is 3.41. The van der Waals surface area contributed by atoms with Crippen molar-refractivity contribution >= 4 is 22.6 Å². The average molecular weight is 310 g/mol. The number of fused-ring (bicyclic) bond motifs is 1. The third-order valence-corrected chi connectivity index (χ3v) is 4.74. The topological polar surface area (TPSA) is 21.1 Å². The molecular formula is C16H21ClFN3. The van der Waals surface area contributed by atoms with Gasteiger partial charge in [-0.05, 0) is 50.5 Å². The molecule has 1 aromatic carbocycles. The third kappa shape index (κ3) is 3.06. The van der Waals surface area contributed by atoms with E-state index in [0.29, 0.717) is 17.3 Å². The van der Waals surface area contributed by atoms with Crippen LogP contribution in [0.1, 0.15) is 25.6 Å². The van der Waals surface area contributed by atoms with Crippen LogP contribution in [0.2, 0.25) is 0 Å². The molecule has 21 heavy (non-hydrogen) atoms. The molecule has 0 aliphatic carbocycles. The lowest BCUT2D eigenvalue weighted by atomic mass is 9.96. The minimum Gasteiger partial charge on any atom is -0.327 e. The molecule has 0 radical (unpaired) electrons. The number of rotatable bonds is 4. The summed E-state index contributed by atoms with van der Waals surface area (Å²) in [6.07, 6.45) is 2.41. The first-order valence-electron chi connectivity index (χ1n) is 7.64. The summed E-state index contributed by atoms with van der Waals surface area (Å²) in [7, 11) is 0. The van der Waals surface area contributed by atoms with Gasteiger partial charge in [0.15, 0.2) is 0 Å². The maximum atomic E-state index is 13.3. The highest BCUT2D eigenvalue weighted by molar-refractivity contribution is 6.16. The van der Waals surface area contributed by atoms with Crippen LogP contribution in [-0.4, -0.2) is 34.1 Å². The van der Waals surface area contributed by atoms with Crippen LogP contribution in [0.3, 0.4) is 0 Å². The summed E-state index contributed by atoms with van der Waals surface area (Å²) in [4.78, 5) is 6.96. The summed E-state index contributed by atoms with van der Waals surface area (Å²) >= 11 is 6.02. The molecular weight excluding hydrogens is 289 g/mol. The van der Waals surface area contributed by atoms with Gasteiger partial charge in [0.05, 0.1) is 16.9 Å². The summed E-state index contributed by atoms with van der Waals surface area (Å²) in [6.45, 7) is 6.61. The second-order valence-electron chi connectivity index (χ2n) is 5.78. The van der Waals surface area contributed by atoms with Gasteiger partial charge in [-0.2, -0.15) is 0 Å². The molecule has 0 spiro atoms. The van der Waals surface area contributed by atoms with Crippen molar-refractivity contribution in [3.05, 3.63) is 29.8 Å². The second kappa shape index (κ2) is 6.32. The summed E-state index contributed by atoms with van der Waals surface area (Å²) in [5, 5.41) is 0. The van der Waals surface area contributed by atoms with Crippen LogP contribution in [0.15, 0.2) is 18.2 Å². The van der Waals surface area contributed by atoms with E-state index in [9.17, 15) is 4.39 Å². The lowest BCUT2D eigenvalue weighted by molar-refractivity contribution is 0.181. The summed E-state index contributed by atoms with van der Waals surface area (Å²) in [5.74, 6) is 1.61. The zero-order valence-corrected chi connectivity index (χ0v) is 13.1. The maximum Gasteiger partial charge on any atom is 0.125 e. The molecule has 1 aliphatic rings. The number of nitrogens with zero attached hydrogens (tertiary/aromatic N) is 3. The Balaban J connectivity index is 1.83. The number of hydrogen-bond acceptors (Lipinski definition) is 2. The Hall–Kier alpha value is -1.13. The number of imidazole rings is 1. The molecule has 0 N–H and O–H groups in total. The van der Waals surface area contributed by atoms with Crippen molar-refractivity contribution in [3.63, 3.8) is 0 Å². The lowest BCUT2D eigenvalue weighted by Crippen LogP contribution is -2.34. The Labute approximate surface area is 129 Å². The number of likely N-dealkylation sites (tertiary alicyclic amines) is 1. The molecule has 0 saturated carbocycles. The van der Waals surface area contributed by atoms with E-state index >= 15 is 0 Å². The van der Waals surface area contributed by atoms with E-state index in [1.807, 2.05) is 6.07 Å². The van der Waals surface area contributed by atoms with Crippen molar-refractivity contribution < 1.29 is 4.39 Å². The van der Waals surface area contributed by atoms with Gasteiger partial charge in [-0.3, -0.25) is 0 Å². The Morgan fingerprint density at radius 3 is 2.76 bits per heavy atom. The number of aromatic nitrogens is 2. The highest BCUT2D eigenvalue weighted by atomic mass is 35.5. The van der Waals surface area contributed by atoms with Crippen LogP contribution in [-0.2, 0) is 12.4 Å². The van der Waals surface area contributed by atoms with Crippen molar-refractivity contribution in [2.24, 2.45) is 5.92 Å². The molecule has 0 bridgehead atoms. The SMILES string of the molecule is CCN1CCC(Cn2c(CCl)nc3cc(F)ccc32)CC1. The van der Waals surface area contributed by atoms with E-state index in [1.165, 1.54) is 38.1 Å². The van der Waals surface area contributed by atoms with Crippen molar-refractivity contribution in [3.8, 4) is 0 Å². The minimum absolute atomic E-state index is 0.246. The smallest absolute Gasteiger partial charge is 0.125 e. The fraction of sp³-hybridized carbons (Fsp3) is 0.562. The molecule has 5 heteroatoms. The molecule has 0 unspecified atom stereocenters. The van der Waals surface area contributed by atoms with Gasteiger partial charge < -0.3 is 9.47 Å². The molecule has 1 aromatic heterocycles. The van der Waals surface area contributed by atoms with E-state index < -0.39 is 0 Å². The van der Waals surface area contributed by atoms with Gasteiger partial charge in [0.1, 0.15) is 11.6 Å². The molecule has 1 saturated heterocycles. The Morgan fingerprint density at radius 2 is 2.10 bits per heavy atom. The average Bonchev–Trinajstić information content (AvgIpc) is 2.85. The molecule has 2 aromatic rings. The van der Waals surface area contributed by atoms with E-state index in [-0.39, 0.29) is 5.82 Å². The van der Waals surface area contributed by atoms with Crippen LogP contribution < -0.4 is 0 Å². The Bertz CT molecular complexity index is 617. The molecule has 3 rings (SSSR count). The maximum absolute atomic E-state index is 13.3. The van der Waals surface area contributed by atoms with Crippen LogP contribution in [0.5, 0.6) is 0 Å². The van der Waals surface area contributed by atoms with E-state index in [4.69, 9.17) is 11.6 Å². The summed E-state index contributed by atoms with van der Waals surface area (Å²) in [5.41, 5.74) is 1.70. The normalized spacial score (nSPS) is 17.7. The van der Waals surface area contributed by atoms with Crippen molar-refractivity contribution in [2.75, 3.05) is 19.6 Å². The fourth-order valence-electron chi connectivity index (χ4n) is 3.20. The highest BCUT2D eigenvalue weighted by Crippen LogP contribution is 2.24. The molecule has 3 nitrogen and oxygen atoms in total. The quantitative estimate of drug-likeness (QED) is 0.804. The Kier molecular flexibility index (Phi) is 4.45. The lowest BCUT2D eigenvalue weighted by Gasteiger charge is -2.31. The van der Waals surface area contributed by atoms with Crippen molar-refractivity contribution in [1.82, 2.24) is 14.5 Å². The second-order valence-corrected chi connectivity index (χ2v) is 6.05. The van der Waals surface area contributed by atoms with Gasteiger partial charge in [0.25, 0.3) is 0 Å². The summed E-state index contributed by atoms with van der Waals surface area (Å²) < 4.78 is 15.5. The van der Waals surface area contributed by atoms with Crippen LogP contribution in [0, 0.1) is 11.7 Å². The number of halogens is 2. The van der Waals surface area contributed by atoms with Crippen LogP contribution in [0.25, 0.3) is 11.0 Å². The number of piperidine rings is 1. The first-order valence-corrected chi connectivity index (χ1v) is 8.17. The summed E-state index contributed by atoms with van der Waals surface area (Å²) in [6, 6.07) is 4.80. The minimum atomic E-state index is -0.246. The molecule has 2 heterocycles. The van der Waals surface area contributed by atoms with Crippen LogP contribution in [0.4, 0.5) is 4.39 Å². The van der Waals surface area contributed by atoms with Crippen molar-refractivity contribution in [2.45, 2.75) is 32.2 Å². The molecule has 1 fully saturated rings. The standard InChI is InChI=1S/C16H21ClFN3/c1-2-20-7-5-12(6-8-20)11-21-15-4-3-13(18)9-14(15)19-16(21)10-17/h3-4,9,12H,2,5-8,10-11H2,1H3. The van der Waals surface area contributed by atoms with Gasteiger partial charge in [-0.25, -0.2) is 9.37 Å². The van der Waals surface area contributed by atoms with E-state index in [0.717, 1.165) is 24.4 Å². The largest absolute Gasteiger partial charge is 0.327 e.